The third kappa shape index (κ3) is 5.28. The molecule has 1 aromatic carbocycles. The number of halogens is 2. The van der Waals surface area contributed by atoms with Crippen molar-refractivity contribution >= 4 is 52.5 Å². The second kappa shape index (κ2) is 9.51. The van der Waals surface area contributed by atoms with Crippen LogP contribution in [0.3, 0.4) is 0 Å². The van der Waals surface area contributed by atoms with E-state index in [0.717, 1.165) is 12.3 Å². The van der Waals surface area contributed by atoms with Crippen LogP contribution in [0.2, 0.25) is 10.0 Å². The SMILES string of the molecule is CCOC(=O)C1CSCCN1CCC(=O)Nc1c(Cl)cccc1Cl. The number of para-hydroxylation sites is 1. The van der Waals surface area contributed by atoms with E-state index >= 15 is 0 Å². The molecular formula is C16H20Cl2N2O3S. The van der Waals surface area contributed by atoms with Gasteiger partial charge in [0.2, 0.25) is 5.91 Å². The smallest absolute Gasteiger partial charge is 0.324 e. The van der Waals surface area contributed by atoms with E-state index in [2.05, 4.69) is 5.32 Å². The minimum absolute atomic E-state index is 0.189. The standard InChI is InChI=1S/C16H20Cl2N2O3S/c1-2-23-16(22)13-10-24-9-8-20(13)7-6-14(21)19-15-11(17)4-3-5-12(15)18/h3-5,13H,2,6-10H2,1H3,(H,19,21). The van der Waals surface area contributed by atoms with E-state index in [1.54, 1.807) is 36.9 Å². The number of thioether (sulfide) groups is 1. The van der Waals surface area contributed by atoms with Crippen molar-refractivity contribution in [3.05, 3.63) is 28.2 Å². The quantitative estimate of drug-likeness (QED) is 0.755. The molecule has 1 aromatic rings. The summed E-state index contributed by atoms with van der Waals surface area (Å²) in [6.07, 6.45) is 0.252. The molecule has 0 bridgehead atoms. The fraction of sp³-hybridized carbons (Fsp3) is 0.500. The molecule has 5 nitrogen and oxygen atoms in total. The summed E-state index contributed by atoms with van der Waals surface area (Å²) < 4.78 is 5.12. The van der Waals surface area contributed by atoms with Gasteiger partial charge < -0.3 is 10.1 Å². The van der Waals surface area contributed by atoms with Gasteiger partial charge in [0, 0.05) is 31.0 Å². The number of carbonyl (C=O) groups is 2. The summed E-state index contributed by atoms with van der Waals surface area (Å²) >= 11 is 13.8. The van der Waals surface area contributed by atoms with Gasteiger partial charge in [-0.25, -0.2) is 0 Å². The molecule has 0 radical (unpaired) electrons. The predicted octanol–water partition coefficient (Wildman–Crippen LogP) is 3.30. The molecule has 0 spiro atoms. The molecule has 1 saturated heterocycles. The molecule has 0 aromatic heterocycles. The van der Waals surface area contributed by atoms with Gasteiger partial charge in [-0.2, -0.15) is 11.8 Å². The van der Waals surface area contributed by atoms with Crippen molar-refractivity contribution in [1.82, 2.24) is 4.90 Å². The van der Waals surface area contributed by atoms with E-state index in [9.17, 15) is 9.59 Å². The van der Waals surface area contributed by atoms with Crippen LogP contribution in [0.15, 0.2) is 18.2 Å². The molecule has 2 rings (SSSR count). The summed E-state index contributed by atoms with van der Waals surface area (Å²) in [6, 6.07) is 4.76. The summed E-state index contributed by atoms with van der Waals surface area (Å²) in [5.74, 6) is 1.22. The maximum atomic E-state index is 12.2. The van der Waals surface area contributed by atoms with Gasteiger partial charge in [0.15, 0.2) is 0 Å². The first kappa shape index (κ1) is 19.4. The molecule has 1 unspecified atom stereocenters. The Hall–Kier alpha value is -0.950. The summed E-state index contributed by atoms with van der Waals surface area (Å²) in [7, 11) is 0. The zero-order chi connectivity index (χ0) is 17.5. The van der Waals surface area contributed by atoms with Crippen molar-refractivity contribution in [2.24, 2.45) is 0 Å². The molecule has 1 aliphatic heterocycles. The normalized spacial score (nSPS) is 18.2. The minimum atomic E-state index is -0.291. The van der Waals surface area contributed by atoms with Gasteiger partial charge in [0.1, 0.15) is 6.04 Å². The van der Waals surface area contributed by atoms with Crippen LogP contribution < -0.4 is 5.32 Å². The summed E-state index contributed by atoms with van der Waals surface area (Å²) in [5.41, 5.74) is 0.418. The molecular weight excluding hydrogens is 371 g/mol. The Bertz CT molecular complexity index is 580. The number of hydrogen-bond acceptors (Lipinski definition) is 5. The summed E-state index contributed by atoms with van der Waals surface area (Å²) in [6.45, 7) is 3.39. The van der Waals surface area contributed by atoms with Crippen LogP contribution in [0, 0.1) is 0 Å². The van der Waals surface area contributed by atoms with Crippen LogP contribution in [-0.4, -0.2) is 54.0 Å². The molecule has 1 fully saturated rings. The third-order valence-corrected chi connectivity index (χ3v) is 5.30. The Morgan fingerprint density at radius 3 is 2.75 bits per heavy atom. The van der Waals surface area contributed by atoms with Crippen LogP contribution in [0.4, 0.5) is 5.69 Å². The lowest BCUT2D eigenvalue weighted by Gasteiger charge is -2.33. The van der Waals surface area contributed by atoms with Crippen molar-refractivity contribution < 1.29 is 14.3 Å². The maximum Gasteiger partial charge on any atom is 0.324 e. The molecule has 1 N–H and O–H groups in total. The van der Waals surface area contributed by atoms with E-state index in [1.807, 2.05) is 4.90 Å². The second-order valence-corrected chi connectivity index (χ2v) is 7.24. The van der Waals surface area contributed by atoms with Gasteiger partial charge in [-0.05, 0) is 19.1 Å². The van der Waals surface area contributed by atoms with E-state index in [-0.39, 0.29) is 24.3 Å². The second-order valence-electron chi connectivity index (χ2n) is 5.27. The van der Waals surface area contributed by atoms with E-state index in [1.165, 1.54) is 0 Å². The molecule has 8 heteroatoms. The lowest BCUT2D eigenvalue weighted by atomic mass is 10.2. The number of esters is 1. The van der Waals surface area contributed by atoms with Gasteiger partial charge >= 0.3 is 5.97 Å². The molecule has 1 atom stereocenters. The first-order valence-corrected chi connectivity index (χ1v) is 9.66. The van der Waals surface area contributed by atoms with Gasteiger partial charge in [0.25, 0.3) is 0 Å². The van der Waals surface area contributed by atoms with E-state index < -0.39 is 0 Å². The molecule has 0 saturated carbocycles. The molecule has 24 heavy (non-hydrogen) atoms. The van der Waals surface area contributed by atoms with Gasteiger partial charge in [-0.15, -0.1) is 0 Å². The Labute approximate surface area is 156 Å². The van der Waals surface area contributed by atoms with E-state index in [4.69, 9.17) is 27.9 Å². The van der Waals surface area contributed by atoms with Gasteiger partial charge in [0.05, 0.1) is 22.3 Å². The van der Waals surface area contributed by atoms with Crippen molar-refractivity contribution in [1.29, 1.82) is 0 Å². The van der Waals surface area contributed by atoms with Crippen LogP contribution in [0.25, 0.3) is 0 Å². The van der Waals surface area contributed by atoms with Crippen LogP contribution in [-0.2, 0) is 14.3 Å². The fourth-order valence-electron chi connectivity index (χ4n) is 2.43. The minimum Gasteiger partial charge on any atom is -0.465 e. The van der Waals surface area contributed by atoms with Crippen molar-refractivity contribution in [3.63, 3.8) is 0 Å². The highest BCUT2D eigenvalue weighted by molar-refractivity contribution is 7.99. The Morgan fingerprint density at radius 1 is 1.38 bits per heavy atom. The fourth-order valence-corrected chi connectivity index (χ4v) is 4.02. The number of carbonyl (C=O) groups excluding carboxylic acids is 2. The molecule has 1 amide bonds. The summed E-state index contributed by atoms with van der Waals surface area (Å²) in [4.78, 5) is 26.2. The number of benzene rings is 1. The van der Waals surface area contributed by atoms with Crippen molar-refractivity contribution in [2.75, 3.05) is 36.5 Å². The molecule has 1 heterocycles. The van der Waals surface area contributed by atoms with Crippen LogP contribution >= 0.6 is 35.0 Å². The van der Waals surface area contributed by atoms with Crippen LogP contribution in [0.5, 0.6) is 0 Å². The lowest BCUT2D eigenvalue weighted by Crippen LogP contribution is -2.48. The molecule has 132 valence electrons. The summed E-state index contributed by atoms with van der Waals surface area (Å²) in [5, 5.41) is 3.53. The Morgan fingerprint density at radius 2 is 2.08 bits per heavy atom. The average Bonchev–Trinajstić information content (AvgIpc) is 2.57. The van der Waals surface area contributed by atoms with Gasteiger partial charge in [-0.1, -0.05) is 29.3 Å². The zero-order valence-electron chi connectivity index (χ0n) is 13.4. The average molecular weight is 391 g/mol. The van der Waals surface area contributed by atoms with Crippen molar-refractivity contribution in [2.45, 2.75) is 19.4 Å². The topological polar surface area (TPSA) is 58.6 Å². The molecule has 1 aliphatic rings. The number of ether oxygens (including phenoxy) is 1. The molecule has 0 aliphatic carbocycles. The predicted molar refractivity (Wildman–Crippen MR) is 99.0 cm³/mol. The lowest BCUT2D eigenvalue weighted by molar-refractivity contribution is -0.149. The number of hydrogen-bond donors (Lipinski definition) is 1. The van der Waals surface area contributed by atoms with Crippen molar-refractivity contribution in [3.8, 4) is 0 Å². The highest BCUT2D eigenvalue weighted by Gasteiger charge is 2.30. The van der Waals surface area contributed by atoms with Crippen LogP contribution in [0.1, 0.15) is 13.3 Å². The third-order valence-electron chi connectivity index (χ3n) is 3.65. The zero-order valence-corrected chi connectivity index (χ0v) is 15.7. The number of nitrogens with zero attached hydrogens (tertiary/aromatic N) is 1. The monoisotopic (exact) mass is 390 g/mol. The number of nitrogens with one attached hydrogen (secondary N) is 1. The Kier molecular flexibility index (Phi) is 7.68. The first-order valence-electron chi connectivity index (χ1n) is 7.75. The van der Waals surface area contributed by atoms with Gasteiger partial charge in [-0.3, -0.25) is 14.5 Å². The Balaban J connectivity index is 1.91. The van der Waals surface area contributed by atoms with E-state index in [0.29, 0.717) is 34.6 Å². The maximum absolute atomic E-state index is 12.2. The highest BCUT2D eigenvalue weighted by Crippen LogP contribution is 2.29. The number of anilines is 1. The number of rotatable bonds is 6. The largest absolute Gasteiger partial charge is 0.465 e. The number of amides is 1. The first-order chi connectivity index (χ1) is 11.5. The highest BCUT2D eigenvalue weighted by atomic mass is 35.5.